The normalized spacial score (nSPS) is 23.4. The van der Waals surface area contributed by atoms with Crippen molar-refractivity contribution in [1.82, 2.24) is 10.2 Å². The van der Waals surface area contributed by atoms with Crippen LogP contribution in [0.2, 0.25) is 0 Å². The van der Waals surface area contributed by atoms with Crippen molar-refractivity contribution in [3.63, 3.8) is 0 Å². The van der Waals surface area contributed by atoms with E-state index in [1.807, 2.05) is 6.92 Å². The molecule has 1 aliphatic heterocycles. The summed E-state index contributed by atoms with van der Waals surface area (Å²) in [5.74, 6) is -0.211. The van der Waals surface area contributed by atoms with Crippen molar-refractivity contribution in [2.24, 2.45) is 0 Å². The average molecular weight is 258 g/mol. The number of morpholine rings is 1. The van der Waals surface area contributed by atoms with Crippen LogP contribution in [0.5, 0.6) is 0 Å². The molecule has 0 amide bonds. The van der Waals surface area contributed by atoms with Crippen molar-refractivity contribution in [3.05, 3.63) is 0 Å². The maximum absolute atomic E-state index is 11.7. The van der Waals surface area contributed by atoms with Gasteiger partial charge in [-0.05, 0) is 34.2 Å². The first-order valence-electron chi connectivity index (χ1n) is 6.47. The van der Waals surface area contributed by atoms with Gasteiger partial charge in [-0.15, -0.1) is 0 Å². The monoisotopic (exact) mass is 258 g/mol. The predicted octanol–water partition coefficient (Wildman–Crippen LogP) is 0.638. The van der Waals surface area contributed by atoms with Gasteiger partial charge in [0.05, 0.1) is 19.3 Å². The van der Waals surface area contributed by atoms with Crippen LogP contribution < -0.4 is 5.32 Å². The summed E-state index contributed by atoms with van der Waals surface area (Å²) in [6.45, 7) is 9.50. The van der Waals surface area contributed by atoms with Gasteiger partial charge < -0.3 is 14.8 Å². The summed E-state index contributed by atoms with van der Waals surface area (Å²) < 4.78 is 10.5. The molecule has 1 atom stereocenters. The molecule has 1 saturated heterocycles. The van der Waals surface area contributed by atoms with Crippen LogP contribution in [-0.4, -0.2) is 62.4 Å². The summed E-state index contributed by atoms with van der Waals surface area (Å²) in [6, 6.07) is 0. The quantitative estimate of drug-likeness (QED) is 0.733. The van der Waals surface area contributed by atoms with Crippen LogP contribution in [-0.2, 0) is 14.3 Å². The van der Waals surface area contributed by atoms with E-state index < -0.39 is 5.54 Å². The van der Waals surface area contributed by atoms with E-state index in [-0.39, 0.29) is 11.6 Å². The van der Waals surface area contributed by atoms with Crippen LogP contribution in [0.25, 0.3) is 0 Å². The first-order valence-corrected chi connectivity index (χ1v) is 6.47. The highest BCUT2D eigenvalue weighted by Gasteiger charge is 2.34. The summed E-state index contributed by atoms with van der Waals surface area (Å²) >= 11 is 0. The van der Waals surface area contributed by atoms with Gasteiger partial charge in [0.25, 0.3) is 0 Å². The van der Waals surface area contributed by atoms with Crippen molar-refractivity contribution in [2.75, 3.05) is 40.4 Å². The van der Waals surface area contributed by atoms with Gasteiger partial charge in [0.2, 0.25) is 0 Å². The first-order chi connectivity index (χ1) is 8.33. The van der Waals surface area contributed by atoms with Crippen LogP contribution in [0.1, 0.15) is 27.2 Å². The van der Waals surface area contributed by atoms with E-state index in [0.29, 0.717) is 0 Å². The van der Waals surface area contributed by atoms with Gasteiger partial charge in [0.15, 0.2) is 0 Å². The molecule has 1 N–H and O–H groups in total. The van der Waals surface area contributed by atoms with Crippen molar-refractivity contribution in [1.29, 1.82) is 0 Å². The molecule has 0 aromatic rings. The van der Waals surface area contributed by atoms with E-state index in [4.69, 9.17) is 9.47 Å². The molecule has 5 heteroatoms. The highest BCUT2D eigenvalue weighted by atomic mass is 16.5. The largest absolute Gasteiger partial charge is 0.468 e. The Kier molecular flexibility index (Phi) is 5.13. The van der Waals surface area contributed by atoms with E-state index in [1.54, 1.807) is 7.05 Å². The number of likely N-dealkylation sites (N-methyl/N-ethyl adjacent to an activating group) is 1. The zero-order chi connectivity index (χ0) is 13.8. The third-order valence-corrected chi connectivity index (χ3v) is 3.62. The molecule has 0 radical (unpaired) electrons. The number of carbonyl (C=O) groups excluding carboxylic acids is 1. The number of nitrogens with one attached hydrogen (secondary N) is 1. The second-order valence-corrected chi connectivity index (χ2v) is 5.71. The molecule has 1 aliphatic rings. The number of carbonyl (C=O) groups is 1. The Morgan fingerprint density at radius 3 is 2.72 bits per heavy atom. The average Bonchev–Trinajstić information content (AvgIpc) is 2.33. The maximum atomic E-state index is 11.7. The summed E-state index contributed by atoms with van der Waals surface area (Å²) in [7, 11) is 3.22. The summed E-state index contributed by atoms with van der Waals surface area (Å²) in [5, 5.41) is 3.06. The Hall–Kier alpha value is -0.650. The molecule has 0 bridgehead atoms. The van der Waals surface area contributed by atoms with Gasteiger partial charge in [-0.3, -0.25) is 9.69 Å². The molecule has 1 heterocycles. The third-order valence-electron chi connectivity index (χ3n) is 3.62. The van der Waals surface area contributed by atoms with Crippen molar-refractivity contribution in [3.8, 4) is 0 Å². The van der Waals surface area contributed by atoms with Gasteiger partial charge >= 0.3 is 5.97 Å². The van der Waals surface area contributed by atoms with Crippen LogP contribution in [0.3, 0.4) is 0 Å². The van der Waals surface area contributed by atoms with E-state index in [1.165, 1.54) is 7.11 Å². The first kappa shape index (κ1) is 15.4. The second kappa shape index (κ2) is 5.99. The van der Waals surface area contributed by atoms with E-state index >= 15 is 0 Å². The van der Waals surface area contributed by atoms with Crippen LogP contribution >= 0.6 is 0 Å². The number of hydrogen-bond acceptors (Lipinski definition) is 5. The fourth-order valence-corrected chi connectivity index (χ4v) is 2.24. The Labute approximate surface area is 110 Å². The maximum Gasteiger partial charge on any atom is 0.325 e. The predicted molar refractivity (Wildman–Crippen MR) is 70.6 cm³/mol. The Morgan fingerprint density at radius 2 is 2.22 bits per heavy atom. The van der Waals surface area contributed by atoms with Gasteiger partial charge in [-0.2, -0.15) is 0 Å². The molecule has 0 aromatic heterocycles. The van der Waals surface area contributed by atoms with Gasteiger partial charge in [0, 0.05) is 19.6 Å². The molecule has 5 nitrogen and oxygen atoms in total. The Morgan fingerprint density at radius 1 is 1.56 bits per heavy atom. The third kappa shape index (κ3) is 3.93. The van der Waals surface area contributed by atoms with Crippen LogP contribution in [0.15, 0.2) is 0 Å². The summed E-state index contributed by atoms with van der Waals surface area (Å²) in [6.07, 6.45) is 0.728. The number of esters is 1. The molecule has 0 spiro atoms. The standard InChI is InChI=1S/C13H26N2O3/c1-12(2)10-15(8-9-18-12)7-6-13(3,14-4)11(16)17-5/h14H,6-10H2,1-5H3. The van der Waals surface area contributed by atoms with Crippen molar-refractivity contribution in [2.45, 2.75) is 38.3 Å². The second-order valence-electron chi connectivity index (χ2n) is 5.71. The number of ether oxygens (including phenoxy) is 2. The van der Waals surface area contributed by atoms with Crippen LogP contribution in [0, 0.1) is 0 Å². The zero-order valence-corrected chi connectivity index (χ0v) is 12.2. The smallest absolute Gasteiger partial charge is 0.325 e. The minimum absolute atomic E-state index is 0.0977. The molecule has 1 rings (SSSR count). The zero-order valence-electron chi connectivity index (χ0n) is 12.2. The number of rotatable bonds is 5. The molecule has 0 aliphatic carbocycles. The van der Waals surface area contributed by atoms with Crippen molar-refractivity contribution < 1.29 is 14.3 Å². The molecule has 1 fully saturated rings. The topological polar surface area (TPSA) is 50.8 Å². The molecule has 1 unspecified atom stereocenters. The molecule has 18 heavy (non-hydrogen) atoms. The summed E-state index contributed by atoms with van der Waals surface area (Å²) in [4.78, 5) is 14.1. The Balaban J connectivity index is 2.50. The fraction of sp³-hybridized carbons (Fsp3) is 0.923. The number of hydrogen-bond donors (Lipinski definition) is 1. The highest BCUT2D eigenvalue weighted by Crippen LogP contribution is 2.19. The number of methoxy groups -OCH3 is 1. The lowest BCUT2D eigenvalue weighted by atomic mass is 9.97. The van der Waals surface area contributed by atoms with Gasteiger partial charge in [-0.1, -0.05) is 0 Å². The summed E-state index contributed by atoms with van der Waals surface area (Å²) in [5.41, 5.74) is -0.712. The van der Waals surface area contributed by atoms with E-state index in [9.17, 15) is 4.79 Å². The highest BCUT2D eigenvalue weighted by molar-refractivity contribution is 5.80. The Bertz CT molecular complexity index is 294. The lowest BCUT2D eigenvalue weighted by molar-refractivity contribution is -0.148. The molecule has 0 saturated carbocycles. The van der Waals surface area contributed by atoms with Gasteiger partial charge in [0.1, 0.15) is 5.54 Å². The molecule has 106 valence electrons. The van der Waals surface area contributed by atoms with E-state index in [2.05, 4.69) is 24.1 Å². The lowest BCUT2D eigenvalue weighted by Gasteiger charge is -2.39. The SMILES string of the molecule is CNC(C)(CCN1CCOC(C)(C)C1)C(=O)OC. The molecule has 0 aromatic carbocycles. The van der Waals surface area contributed by atoms with E-state index in [0.717, 1.165) is 32.7 Å². The fourth-order valence-electron chi connectivity index (χ4n) is 2.24. The minimum atomic E-state index is -0.614. The van der Waals surface area contributed by atoms with Crippen LogP contribution in [0.4, 0.5) is 0 Å². The van der Waals surface area contributed by atoms with Crippen molar-refractivity contribution >= 4 is 5.97 Å². The number of nitrogens with zero attached hydrogens (tertiary/aromatic N) is 1. The van der Waals surface area contributed by atoms with Gasteiger partial charge in [-0.25, -0.2) is 0 Å². The molecular formula is C13H26N2O3. The molecular weight excluding hydrogens is 232 g/mol. The minimum Gasteiger partial charge on any atom is -0.468 e. The lowest BCUT2D eigenvalue weighted by Crippen LogP contribution is -2.53.